The molecule has 2 aromatic rings. The summed E-state index contributed by atoms with van der Waals surface area (Å²) in [6.45, 7) is 2.47. The van der Waals surface area contributed by atoms with Crippen LogP contribution in [-0.2, 0) is 16.4 Å². The van der Waals surface area contributed by atoms with Gasteiger partial charge < -0.3 is 11.1 Å². The van der Waals surface area contributed by atoms with Crippen molar-refractivity contribution < 1.29 is 9.78 Å². The Balaban J connectivity index is 2.20. The molecule has 0 atom stereocenters. The van der Waals surface area contributed by atoms with E-state index in [1.165, 1.54) is 12.0 Å². The average molecular weight is 264 g/mol. The summed E-state index contributed by atoms with van der Waals surface area (Å²) in [4.78, 5) is 10.8. The van der Waals surface area contributed by atoms with E-state index in [-0.39, 0.29) is 0 Å². The minimum absolute atomic E-state index is 0.413. The largest absolute Gasteiger partial charge is 0.397 e. The lowest BCUT2D eigenvalue weighted by Crippen LogP contribution is -1.97. The van der Waals surface area contributed by atoms with Crippen LogP contribution in [0.4, 0.5) is 16.4 Å². The Labute approximate surface area is 110 Å². The van der Waals surface area contributed by atoms with Crippen LogP contribution in [0.3, 0.4) is 0 Å². The molecule has 0 spiro atoms. The number of para-hydroxylation sites is 2. The second-order valence-electron chi connectivity index (χ2n) is 3.85. The molecule has 0 aliphatic heterocycles. The van der Waals surface area contributed by atoms with Crippen molar-refractivity contribution in [2.75, 3.05) is 18.2 Å². The van der Waals surface area contributed by atoms with Crippen molar-refractivity contribution in [1.29, 1.82) is 0 Å². The number of nitrogens with one attached hydrogen (secondary N) is 1. The standard InChI is InChI=1S/C13H16N2O2S/c1-9-7-10(8-17-16-2)13(18-9)15-12-6-4-3-5-11(12)14/h3-7,15H,8,14H2,1-2H3. The van der Waals surface area contributed by atoms with Crippen molar-refractivity contribution in [2.45, 2.75) is 13.5 Å². The van der Waals surface area contributed by atoms with Gasteiger partial charge in [0.1, 0.15) is 6.61 Å². The highest BCUT2D eigenvalue weighted by molar-refractivity contribution is 7.16. The molecule has 18 heavy (non-hydrogen) atoms. The molecule has 0 radical (unpaired) electrons. The van der Waals surface area contributed by atoms with E-state index in [4.69, 9.17) is 10.6 Å². The van der Waals surface area contributed by atoms with E-state index in [2.05, 4.69) is 23.2 Å². The van der Waals surface area contributed by atoms with E-state index in [0.29, 0.717) is 6.61 Å². The lowest BCUT2D eigenvalue weighted by Gasteiger charge is -2.09. The van der Waals surface area contributed by atoms with E-state index >= 15 is 0 Å². The minimum atomic E-state index is 0.413. The minimum Gasteiger partial charge on any atom is -0.397 e. The van der Waals surface area contributed by atoms with Crippen LogP contribution in [0.25, 0.3) is 0 Å². The zero-order chi connectivity index (χ0) is 13.0. The summed E-state index contributed by atoms with van der Waals surface area (Å²) in [5.41, 5.74) is 8.59. The fourth-order valence-electron chi connectivity index (χ4n) is 1.64. The molecule has 0 fully saturated rings. The average Bonchev–Trinajstić information content (AvgIpc) is 2.70. The van der Waals surface area contributed by atoms with Gasteiger partial charge in [-0.05, 0) is 25.1 Å². The van der Waals surface area contributed by atoms with E-state index in [9.17, 15) is 0 Å². The maximum Gasteiger partial charge on any atom is 0.110 e. The van der Waals surface area contributed by atoms with Gasteiger partial charge in [-0.2, -0.15) is 0 Å². The molecule has 96 valence electrons. The third-order valence-electron chi connectivity index (χ3n) is 2.47. The molecule has 0 saturated heterocycles. The van der Waals surface area contributed by atoms with Gasteiger partial charge >= 0.3 is 0 Å². The van der Waals surface area contributed by atoms with Crippen molar-refractivity contribution in [2.24, 2.45) is 0 Å². The van der Waals surface area contributed by atoms with Gasteiger partial charge in [-0.15, -0.1) is 11.3 Å². The molecule has 0 saturated carbocycles. The van der Waals surface area contributed by atoms with Crippen LogP contribution in [0.2, 0.25) is 0 Å². The van der Waals surface area contributed by atoms with Crippen LogP contribution in [-0.4, -0.2) is 7.11 Å². The van der Waals surface area contributed by atoms with Crippen LogP contribution in [0.15, 0.2) is 30.3 Å². The summed E-state index contributed by atoms with van der Waals surface area (Å²) in [6.07, 6.45) is 0. The van der Waals surface area contributed by atoms with Gasteiger partial charge in [-0.1, -0.05) is 12.1 Å². The fourth-order valence-corrected chi connectivity index (χ4v) is 2.57. The van der Waals surface area contributed by atoms with Crippen LogP contribution in [0.1, 0.15) is 10.4 Å². The molecule has 0 aliphatic carbocycles. The Morgan fingerprint density at radius 2 is 2.11 bits per heavy atom. The van der Waals surface area contributed by atoms with E-state index in [1.807, 2.05) is 24.3 Å². The molecular formula is C13H16N2O2S. The molecule has 0 unspecified atom stereocenters. The van der Waals surface area contributed by atoms with Gasteiger partial charge in [-0.25, -0.2) is 9.78 Å². The Morgan fingerprint density at radius 1 is 1.33 bits per heavy atom. The highest BCUT2D eigenvalue weighted by Gasteiger charge is 2.09. The molecule has 0 bridgehead atoms. The number of nitrogens with two attached hydrogens (primary N) is 1. The third-order valence-corrected chi connectivity index (χ3v) is 3.48. The first-order chi connectivity index (χ1) is 8.70. The van der Waals surface area contributed by atoms with Crippen LogP contribution in [0, 0.1) is 6.92 Å². The Bertz CT molecular complexity index is 525. The van der Waals surface area contributed by atoms with Crippen molar-refractivity contribution in [3.8, 4) is 0 Å². The van der Waals surface area contributed by atoms with Gasteiger partial charge in [0.15, 0.2) is 0 Å². The molecule has 1 heterocycles. The quantitative estimate of drug-likeness (QED) is 0.493. The summed E-state index contributed by atoms with van der Waals surface area (Å²) in [5, 5.41) is 4.36. The second-order valence-corrected chi connectivity index (χ2v) is 5.11. The number of benzene rings is 1. The summed E-state index contributed by atoms with van der Waals surface area (Å²) >= 11 is 1.67. The molecule has 1 aromatic carbocycles. The zero-order valence-corrected chi connectivity index (χ0v) is 11.2. The van der Waals surface area contributed by atoms with Crippen LogP contribution >= 0.6 is 11.3 Å². The normalized spacial score (nSPS) is 10.6. The number of thiophene rings is 1. The number of anilines is 3. The van der Waals surface area contributed by atoms with Crippen molar-refractivity contribution >= 4 is 27.7 Å². The monoisotopic (exact) mass is 264 g/mol. The summed E-state index contributed by atoms with van der Waals surface area (Å²) in [7, 11) is 1.50. The topological polar surface area (TPSA) is 56.5 Å². The van der Waals surface area contributed by atoms with Gasteiger partial charge in [0.05, 0.1) is 23.5 Å². The second kappa shape index (κ2) is 5.86. The van der Waals surface area contributed by atoms with Gasteiger partial charge in [0, 0.05) is 10.4 Å². The van der Waals surface area contributed by atoms with Gasteiger partial charge in [0.2, 0.25) is 0 Å². The predicted octanol–water partition coefficient (Wildman–Crippen LogP) is 3.46. The molecule has 3 N–H and O–H groups in total. The molecule has 0 aliphatic rings. The zero-order valence-electron chi connectivity index (χ0n) is 10.4. The Hall–Kier alpha value is -1.56. The Morgan fingerprint density at radius 3 is 2.83 bits per heavy atom. The number of hydrogen-bond donors (Lipinski definition) is 2. The first kappa shape index (κ1) is 12.9. The van der Waals surface area contributed by atoms with E-state index in [1.54, 1.807) is 11.3 Å². The van der Waals surface area contributed by atoms with Crippen LogP contribution in [0.5, 0.6) is 0 Å². The fraction of sp³-hybridized carbons (Fsp3) is 0.231. The first-order valence-corrected chi connectivity index (χ1v) is 6.39. The number of hydrogen-bond acceptors (Lipinski definition) is 5. The van der Waals surface area contributed by atoms with E-state index in [0.717, 1.165) is 21.9 Å². The third kappa shape index (κ3) is 3.01. The van der Waals surface area contributed by atoms with Crippen molar-refractivity contribution in [3.05, 3.63) is 40.8 Å². The smallest absolute Gasteiger partial charge is 0.110 e. The maximum absolute atomic E-state index is 5.91. The van der Waals surface area contributed by atoms with Crippen molar-refractivity contribution in [1.82, 2.24) is 0 Å². The number of rotatable bonds is 5. The Kier molecular flexibility index (Phi) is 4.19. The highest BCUT2D eigenvalue weighted by Crippen LogP contribution is 2.32. The van der Waals surface area contributed by atoms with Gasteiger partial charge in [0.25, 0.3) is 0 Å². The molecule has 4 nitrogen and oxygen atoms in total. The SMILES string of the molecule is COOCc1cc(C)sc1Nc1ccccc1N. The first-order valence-electron chi connectivity index (χ1n) is 5.57. The van der Waals surface area contributed by atoms with E-state index < -0.39 is 0 Å². The van der Waals surface area contributed by atoms with Crippen LogP contribution < -0.4 is 11.1 Å². The molecule has 2 rings (SSSR count). The lowest BCUT2D eigenvalue weighted by molar-refractivity contribution is -0.282. The predicted molar refractivity (Wildman–Crippen MR) is 75.0 cm³/mol. The molecular weight excluding hydrogens is 248 g/mol. The summed E-state index contributed by atoms with van der Waals surface area (Å²) in [6, 6.07) is 9.75. The van der Waals surface area contributed by atoms with Crippen molar-refractivity contribution in [3.63, 3.8) is 0 Å². The highest BCUT2D eigenvalue weighted by atomic mass is 32.1. The summed E-state index contributed by atoms with van der Waals surface area (Å²) in [5.74, 6) is 0. The lowest BCUT2D eigenvalue weighted by atomic mass is 10.2. The number of nitrogen functional groups attached to an aromatic ring is 1. The number of aryl methyl sites for hydroxylation is 1. The van der Waals surface area contributed by atoms with Gasteiger partial charge in [-0.3, -0.25) is 0 Å². The maximum atomic E-state index is 5.91. The molecule has 0 amide bonds. The molecule has 5 heteroatoms. The molecule has 1 aromatic heterocycles. The summed E-state index contributed by atoms with van der Waals surface area (Å²) < 4.78 is 0.